The maximum atomic E-state index is 13.8. The summed E-state index contributed by atoms with van der Waals surface area (Å²) in [6.45, 7) is 7.80. The van der Waals surface area contributed by atoms with Gasteiger partial charge >= 0.3 is 18.1 Å². The minimum Gasteiger partial charge on any atom is -0.494 e. The highest BCUT2D eigenvalue weighted by Gasteiger charge is 2.42. The molecule has 2 aliphatic rings. The number of nitrogens with zero attached hydrogens (tertiary/aromatic N) is 3. The summed E-state index contributed by atoms with van der Waals surface area (Å²) in [5.74, 6) is -4.03. The van der Waals surface area contributed by atoms with Gasteiger partial charge in [0.05, 0.1) is 32.1 Å². The Hall–Kier alpha value is -4.73. The standard InChI is InChI=1S/C32H38F3N5O8/c1-7-46-23-12-18-13-40(28(36)25(18)38-26(23)29(43)37-5)15-22(41)17-10-20(31(2,3)4)27(45-6)21(11-17)39-9-8-19(14-39)47-16-24(42)48-30(44)32(33,34)35/h10-12,19,36H,7-9,13-16H2,1-6H3,(H,37,43). The zero-order valence-corrected chi connectivity index (χ0v) is 27.5. The van der Waals surface area contributed by atoms with Gasteiger partial charge in [-0.15, -0.1) is 0 Å². The van der Waals surface area contributed by atoms with Crippen LogP contribution in [0.1, 0.15) is 71.8 Å². The number of ether oxygens (including phenoxy) is 4. The van der Waals surface area contributed by atoms with Gasteiger partial charge in [0.2, 0.25) is 0 Å². The lowest BCUT2D eigenvalue weighted by Crippen LogP contribution is -2.32. The van der Waals surface area contributed by atoms with Crippen molar-refractivity contribution < 1.29 is 51.3 Å². The molecule has 0 spiro atoms. The van der Waals surface area contributed by atoms with Crippen molar-refractivity contribution in [2.24, 2.45) is 0 Å². The summed E-state index contributed by atoms with van der Waals surface area (Å²) in [6, 6.07) is 5.10. The van der Waals surface area contributed by atoms with Crippen molar-refractivity contribution in [1.29, 1.82) is 5.41 Å². The van der Waals surface area contributed by atoms with Gasteiger partial charge in [-0.2, -0.15) is 13.2 Å². The number of esters is 2. The first kappa shape index (κ1) is 36.1. The highest BCUT2D eigenvalue weighted by atomic mass is 19.4. The van der Waals surface area contributed by atoms with Gasteiger partial charge in [0.15, 0.2) is 17.2 Å². The number of rotatable bonds is 11. The van der Waals surface area contributed by atoms with Crippen molar-refractivity contribution >= 4 is 35.2 Å². The zero-order valence-electron chi connectivity index (χ0n) is 27.5. The van der Waals surface area contributed by atoms with Gasteiger partial charge in [0.25, 0.3) is 5.91 Å². The van der Waals surface area contributed by atoms with Gasteiger partial charge in [0, 0.05) is 43.4 Å². The monoisotopic (exact) mass is 677 g/mol. The van der Waals surface area contributed by atoms with Crippen molar-refractivity contribution in [3.05, 3.63) is 46.3 Å². The SMILES string of the molecule is CCOc1cc2c(nc1C(=O)NC)C(=N)N(CC(=O)c1cc(N3CCC(OCC(=O)OC(=O)C(F)(F)F)C3)c(OC)c(C(C)(C)C)c1)C2. The molecule has 0 saturated carbocycles. The smallest absolute Gasteiger partial charge is 0.491 e. The number of hydrogen-bond donors (Lipinski definition) is 2. The minimum absolute atomic E-state index is 0.00803. The Morgan fingerprint density at radius 2 is 1.83 bits per heavy atom. The molecule has 2 aliphatic heterocycles. The quantitative estimate of drug-likeness (QED) is 0.204. The van der Waals surface area contributed by atoms with Crippen molar-refractivity contribution in [3.63, 3.8) is 0 Å². The molecule has 1 amide bonds. The third-order valence-corrected chi connectivity index (χ3v) is 7.81. The highest BCUT2D eigenvalue weighted by molar-refractivity contribution is 6.06. The average Bonchev–Trinajstić information content (AvgIpc) is 3.61. The molecular formula is C32H38F3N5O8. The van der Waals surface area contributed by atoms with E-state index in [-0.39, 0.29) is 48.4 Å². The lowest BCUT2D eigenvalue weighted by Gasteiger charge is -2.29. The molecule has 1 unspecified atom stereocenters. The molecule has 1 fully saturated rings. The van der Waals surface area contributed by atoms with Crippen molar-refractivity contribution in [2.45, 2.75) is 58.4 Å². The van der Waals surface area contributed by atoms with E-state index in [1.807, 2.05) is 25.7 Å². The highest BCUT2D eigenvalue weighted by Crippen LogP contribution is 2.41. The number of methoxy groups -OCH3 is 1. The second-order valence-corrected chi connectivity index (χ2v) is 12.2. The van der Waals surface area contributed by atoms with E-state index in [0.717, 1.165) is 5.56 Å². The number of hydrogen-bond acceptors (Lipinski definition) is 11. The average molecular weight is 678 g/mol. The van der Waals surface area contributed by atoms with Gasteiger partial charge in [-0.05, 0) is 37.0 Å². The van der Waals surface area contributed by atoms with Crippen molar-refractivity contribution in [3.8, 4) is 11.5 Å². The molecule has 2 N–H and O–H groups in total. The summed E-state index contributed by atoms with van der Waals surface area (Å²) < 4.78 is 57.9. The number of anilines is 1. The molecule has 13 nitrogen and oxygen atoms in total. The predicted molar refractivity (Wildman–Crippen MR) is 166 cm³/mol. The van der Waals surface area contributed by atoms with Crippen LogP contribution in [-0.4, -0.2) is 98.6 Å². The number of benzene rings is 1. The molecule has 1 aromatic carbocycles. The maximum absolute atomic E-state index is 13.8. The first-order valence-corrected chi connectivity index (χ1v) is 15.1. The molecule has 48 heavy (non-hydrogen) atoms. The summed E-state index contributed by atoms with van der Waals surface area (Å²) >= 11 is 0. The Morgan fingerprint density at radius 1 is 1.12 bits per heavy atom. The Morgan fingerprint density at radius 3 is 2.44 bits per heavy atom. The normalized spacial score (nSPS) is 16.1. The van der Waals surface area contributed by atoms with Crippen LogP contribution in [0.25, 0.3) is 0 Å². The fourth-order valence-corrected chi connectivity index (χ4v) is 5.48. The lowest BCUT2D eigenvalue weighted by atomic mass is 9.84. The van der Waals surface area contributed by atoms with Gasteiger partial charge in [-0.3, -0.25) is 15.0 Å². The molecular weight excluding hydrogens is 639 g/mol. The van der Waals surface area contributed by atoms with Crippen LogP contribution >= 0.6 is 0 Å². The van der Waals surface area contributed by atoms with Gasteiger partial charge in [-0.25, -0.2) is 14.6 Å². The van der Waals surface area contributed by atoms with Gasteiger partial charge in [-0.1, -0.05) is 20.8 Å². The van der Waals surface area contributed by atoms with E-state index in [4.69, 9.17) is 19.6 Å². The Kier molecular flexibility index (Phi) is 10.7. The predicted octanol–water partition coefficient (Wildman–Crippen LogP) is 3.40. The first-order valence-electron chi connectivity index (χ1n) is 15.1. The van der Waals surface area contributed by atoms with Crippen LogP contribution in [0.2, 0.25) is 0 Å². The molecule has 4 rings (SSSR count). The largest absolute Gasteiger partial charge is 0.494 e. The van der Waals surface area contributed by atoms with Crippen molar-refractivity contribution in [2.75, 3.05) is 51.9 Å². The number of halogens is 3. The number of amidine groups is 1. The third kappa shape index (κ3) is 7.86. The number of carbonyl (C=O) groups is 4. The Bertz CT molecular complexity index is 1620. The molecule has 1 aromatic heterocycles. The second-order valence-electron chi connectivity index (χ2n) is 12.2. The number of alkyl halides is 3. The number of aromatic nitrogens is 1. The van der Waals surface area contributed by atoms with E-state index in [1.165, 1.54) is 14.2 Å². The van der Waals surface area contributed by atoms with Crippen LogP contribution in [-0.2, 0) is 31.0 Å². The van der Waals surface area contributed by atoms with Crippen LogP contribution in [0.4, 0.5) is 18.9 Å². The van der Waals surface area contributed by atoms with E-state index in [2.05, 4.69) is 15.0 Å². The Balaban J connectivity index is 1.55. The summed E-state index contributed by atoms with van der Waals surface area (Å²) in [5, 5.41) is 11.3. The maximum Gasteiger partial charge on any atom is 0.491 e. The third-order valence-electron chi connectivity index (χ3n) is 7.81. The van der Waals surface area contributed by atoms with Crippen LogP contribution in [0, 0.1) is 5.41 Å². The molecule has 1 saturated heterocycles. The number of amides is 1. The minimum atomic E-state index is -5.30. The molecule has 0 bridgehead atoms. The molecule has 0 aliphatic carbocycles. The first-order chi connectivity index (χ1) is 22.5. The summed E-state index contributed by atoms with van der Waals surface area (Å²) in [5.41, 5.74) is 2.18. The number of carbonyl (C=O) groups excluding carboxylic acids is 4. The number of ketones is 1. The van der Waals surface area contributed by atoms with Crippen molar-refractivity contribution in [1.82, 2.24) is 15.2 Å². The van der Waals surface area contributed by atoms with Gasteiger partial charge in [0.1, 0.15) is 23.9 Å². The summed E-state index contributed by atoms with van der Waals surface area (Å²) in [6.07, 6.45) is -5.49. The molecule has 16 heteroatoms. The number of nitrogens with one attached hydrogen (secondary N) is 2. The van der Waals surface area contributed by atoms with Crippen LogP contribution < -0.4 is 19.7 Å². The number of pyridine rings is 1. The summed E-state index contributed by atoms with van der Waals surface area (Å²) in [4.78, 5) is 56.8. The number of Topliss-reactive ketones (excluding diaryl/α,β-unsaturated/α-hetero) is 1. The van der Waals surface area contributed by atoms with Crippen LogP contribution in [0.3, 0.4) is 0 Å². The second kappa shape index (κ2) is 14.2. The van der Waals surface area contributed by atoms with Crippen LogP contribution in [0.15, 0.2) is 18.2 Å². The Labute approximate surface area is 275 Å². The molecule has 1 atom stereocenters. The van der Waals surface area contributed by atoms with Crippen LogP contribution in [0.5, 0.6) is 11.5 Å². The van der Waals surface area contributed by atoms with E-state index in [0.29, 0.717) is 42.1 Å². The van der Waals surface area contributed by atoms with E-state index in [1.54, 1.807) is 30.0 Å². The fraction of sp³-hybridized carbons (Fsp3) is 0.500. The topological polar surface area (TPSA) is 160 Å². The molecule has 3 heterocycles. The van der Waals surface area contributed by atoms with E-state index < -0.39 is 42.1 Å². The van der Waals surface area contributed by atoms with E-state index in [9.17, 15) is 32.3 Å². The number of fused-ring (bicyclic) bond motifs is 1. The summed E-state index contributed by atoms with van der Waals surface area (Å²) in [7, 11) is 2.97. The molecule has 2 aromatic rings. The molecule has 260 valence electrons. The lowest BCUT2D eigenvalue weighted by molar-refractivity contribution is -0.203. The molecule has 0 radical (unpaired) electrons. The van der Waals surface area contributed by atoms with E-state index >= 15 is 0 Å². The van der Waals surface area contributed by atoms with Gasteiger partial charge < -0.3 is 34.1 Å². The zero-order chi connectivity index (χ0) is 35.6. The fourth-order valence-electron chi connectivity index (χ4n) is 5.48.